The lowest BCUT2D eigenvalue weighted by Gasteiger charge is -2.40. The number of ether oxygens (including phenoxy) is 2. The smallest absolute Gasteiger partial charge is 0.240 e. The van der Waals surface area contributed by atoms with Gasteiger partial charge in [-0.3, -0.25) is 0 Å². The third kappa shape index (κ3) is 2.83. The standard InChI is InChI=1S/C14H19FN2O4S/c1-16-22(18,19)11-2-3-13(12(15)8-11)17-5-7-21-14(9-17)4-6-20-10-14/h2-3,8,16H,4-7,9-10H2,1H3. The second-order valence-corrected chi connectivity index (χ2v) is 7.46. The molecule has 8 heteroatoms. The first-order valence-electron chi connectivity index (χ1n) is 7.16. The summed E-state index contributed by atoms with van der Waals surface area (Å²) in [6, 6.07) is 3.97. The minimum Gasteiger partial charge on any atom is -0.378 e. The Kier molecular flexibility index (Phi) is 4.11. The van der Waals surface area contributed by atoms with E-state index in [4.69, 9.17) is 9.47 Å². The predicted octanol–water partition coefficient (Wildman–Crippen LogP) is 0.729. The molecule has 1 unspecified atom stereocenters. The van der Waals surface area contributed by atoms with Gasteiger partial charge in [0, 0.05) is 26.1 Å². The average molecular weight is 330 g/mol. The van der Waals surface area contributed by atoms with Crippen LogP contribution in [0.2, 0.25) is 0 Å². The number of nitrogens with zero attached hydrogens (tertiary/aromatic N) is 1. The molecule has 22 heavy (non-hydrogen) atoms. The Morgan fingerprint density at radius 1 is 1.36 bits per heavy atom. The van der Waals surface area contributed by atoms with E-state index in [-0.39, 0.29) is 10.5 Å². The summed E-state index contributed by atoms with van der Waals surface area (Å²) in [5, 5.41) is 0. The summed E-state index contributed by atoms with van der Waals surface area (Å²) >= 11 is 0. The molecular weight excluding hydrogens is 311 g/mol. The molecule has 0 amide bonds. The highest BCUT2D eigenvalue weighted by atomic mass is 32.2. The van der Waals surface area contributed by atoms with Gasteiger partial charge in [0.05, 0.1) is 23.8 Å². The van der Waals surface area contributed by atoms with Crippen molar-refractivity contribution in [1.29, 1.82) is 0 Å². The number of halogens is 1. The van der Waals surface area contributed by atoms with Crippen LogP contribution in [0.15, 0.2) is 23.1 Å². The number of anilines is 1. The molecule has 1 N–H and O–H groups in total. The summed E-state index contributed by atoms with van der Waals surface area (Å²) in [5.41, 5.74) is 0.0186. The van der Waals surface area contributed by atoms with Crippen LogP contribution >= 0.6 is 0 Å². The van der Waals surface area contributed by atoms with Gasteiger partial charge in [-0.1, -0.05) is 0 Å². The number of morpholine rings is 1. The third-order valence-corrected chi connectivity index (χ3v) is 5.57. The zero-order valence-corrected chi connectivity index (χ0v) is 13.2. The van der Waals surface area contributed by atoms with Gasteiger partial charge < -0.3 is 14.4 Å². The Balaban J connectivity index is 1.86. The Labute approximate surface area is 129 Å². The molecule has 1 aromatic carbocycles. The van der Waals surface area contributed by atoms with E-state index >= 15 is 0 Å². The zero-order chi connectivity index (χ0) is 15.8. The maximum absolute atomic E-state index is 14.4. The summed E-state index contributed by atoms with van der Waals surface area (Å²) in [6.45, 7) is 2.77. The monoisotopic (exact) mass is 330 g/mol. The lowest BCUT2D eigenvalue weighted by molar-refractivity contribution is -0.0580. The Bertz CT molecular complexity index is 659. The van der Waals surface area contributed by atoms with E-state index in [1.54, 1.807) is 0 Å². The Morgan fingerprint density at radius 3 is 2.82 bits per heavy atom. The second kappa shape index (κ2) is 5.77. The fraction of sp³-hybridized carbons (Fsp3) is 0.571. The maximum atomic E-state index is 14.4. The molecule has 1 atom stereocenters. The van der Waals surface area contributed by atoms with Gasteiger partial charge in [-0.25, -0.2) is 17.5 Å². The van der Waals surface area contributed by atoms with Gasteiger partial charge in [0.25, 0.3) is 0 Å². The fourth-order valence-electron chi connectivity index (χ4n) is 2.91. The van der Waals surface area contributed by atoms with Gasteiger partial charge in [0.15, 0.2) is 0 Å². The predicted molar refractivity (Wildman–Crippen MR) is 79.0 cm³/mol. The van der Waals surface area contributed by atoms with Crippen molar-refractivity contribution < 1.29 is 22.3 Å². The molecule has 2 aliphatic heterocycles. The third-order valence-electron chi connectivity index (χ3n) is 4.15. The normalized spacial score (nSPS) is 25.8. The van der Waals surface area contributed by atoms with Crippen LogP contribution < -0.4 is 9.62 Å². The van der Waals surface area contributed by atoms with E-state index in [2.05, 4.69) is 4.72 Å². The summed E-state index contributed by atoms with van der Waals surface area (Å²) in [6.07, 6.45) is 0.789. The number of rotatable bonds is 3. The minimum absolute atomic E-state index is 0.0802. The largest absolute Gasteiger partial charge is 0.378 e. The van der Waals surface area contributed by atoms with Gasteiger partial charge in [0.2, 0.25) is 10.0 Å². The van der Waals surface area contributed by atoms with Crippen molar-refractivity contribution in [3.05, 3.63) is 24.0 Å². The van der Waals surface area contributed by atoms with Crippen molar-refractivity contribution in [3.63, 3.8) is 0 Å². The molecule has 2 saturated heterocycles. The first-order chi connectivity index (χ1) is 10.5. The maximum Gasteiger partial charge on any atom is 0.240 e. The lowest BCUT2D eigenvalue weighted by Crippen LogP contribution is -2.52. The number of hydrogen-bond donors (Lipinski definition) is 1. The molecule has 1 spiro atoms. The van der Waals surface area contributed by atoms with E-state index in [9.17, 15) is 12.8 Å². The summed E-state index contributed by atoms with van der Waals surface area (Å²) in [7, 11) is -2.34. The highest BCUT2D eigenvalue weighted by molar-refractivity contribution is 7.89. The molecule has 122 valence electrons. The molecule has 0 aliphatic carbocycles. The molecule has 6 nitrogen and oxygen atoms in total. The van der Waals surface area contributed by atoms with Crippen molar-refractivity contribution in [3.8, 4) is 0 Å². The van der Waals surface area contributed by atoms with Crippen LogP contribution in [-0.2, 0) is 19.5 Å². The SMILES string of the molecule is CNS(=O)(=O)c1ccc(N2CCOC3(CCOC3)C2)c(F)c1. The number of benzene rings is 1. The molecule has 0 saturated carbocycles. The van der Waals surface area contributed by atoms with E-state index in [0.717, 1.165) is 12.5 Å². The van der Waals surface area contributed by atoms with E-state index in [1.165, 1.54) is 19.2 Å². The molecule has 3 rings (SSSR count). The quantitative estimate of drug-likeness (QED) is 0.885. The van der Waals surface area contributed by atoms with Crippen LogP contribution in [-0.4, -0.2) is 54.0 Å². The van der Waals surface area contributed by atoms with Gasteiger partial charge >= 0.3 is 0 Å². The van der Waals surface area contributed by atoms with Gasteiger partial charge in [0.1, 0.15) is 11.4 Å². The summed E-state index contributed by atoms with van der Waals surface area (Å²) < 4.78 is 51.2. The molecule has 2 heterocycles. The molecular formula is C14H19FN2O4S. The van der Waals surface area contributed by atoms with Gasteiger partial charge in [-0.05, 0) is 25.2 Å². The molecule has 2 fully saturated rings. The van der Waals surface area contributed by atoms with Crippen LogP contribution in [0.5, 0.6) is 0 Å². The summed E-state index contributed by atoms with van der Waals surface area (Å²) in [5.74, 6) is -0.549. The van der Waals surface area contributed by atoms with Crippen molar-refractivity contribution in [2.24, 2.45) is 0 Å². The van der Waals surface area contributed by atoms with Crippen molar-refractivity contribution in [2.75, 3.05) is 44.9 Å². The molecule has 1 aromatic rings. The van der Waals surface area contributed by atoms with Gasteiger partial charge in [-0.2, -0.15) is 0 Å². The van der Waals surface area contributed by atoms with E-state index in [0.29, 0.717) is 38.6 Å². The number of nitrogens with one attached hydrogen (secondary N) is 1. The zero-order valence-electron chi connectivity index (χ0n) is 12.3. The fourth-order valence-corrected chi connectivity index (χ4v) is 3.65. The molecule has 0 aromatic heterocycles. The van der Waals surface area contributed by atoms with Crippen LogP contribution in [0.25, 0.3) is 0 Å². The Hall–Kier alpha value is -1.22. The first-order valence-corrected chi connectivity index (χ1v) is 8.64. The molecule has 0 bridgehead atoms. The van der Waals surface area contributed by atoms with Crippen molar-refractivity contribution in [1.82, 2.24) is 4.72 Å². The highest BCUT2D eigenvalue weighted by Crippen LogP contribution is 2.31. The van der Waals surface area contributed by atoms with Crippen LogP contribution in [0.4, 0.5) is 10.1 Å². The van der Waals surface area contributed by atoms with Gasteiger partial charge in [-0.15, -0.1) is 0 Å². The molecule has 2 aliphatic rings. The van der Waals surface area contributed by atoms with E-state index < -0.39 is 15.8 Å². The highest BCUT2D eigenvalue weighted by Gasteiger charge is 2.41. The van der Waals surface area contributed by atoms with Crippen LogP contribution in [0.1, 0.15) is 6.42 Å². The number of hydrogen-bond acceptors (Lipinski definition) is 5. The topological polar surface area (TPSA) is 67.9 Å². The minimum atomic E-state index is -3.64. The van der Waals surface area contributed by atoms with Crippen LogP contribution in [0.3, 0.4) is 0 Å². The lowest BCUT2D eigenvalue weighted by atomic mass is 10.0. The summed E-state index contributed by atoms with van der Waals surface area (Å²) in [4.78, 5) is 1.81. The van der Waals surface area contributed by atoms with Crippen LogP contribution in [0, 0.1) is 5.82 Å². The van der Waals surface area contributed by atoms with Crippen molar-refractivity contribution in [2.45, 2.75) is 16.9 Å². The van der Waals surface area contributed by atoms with Crippen molar-refractivity contribution >= 4 is 15.7 Å². The number of sulfonamides is 1. The Morgan fingerprint density at radius 2 is 2.18 bits per heavy atom. The molecule has 0 radical (unpaired) electrons. The second-order valence-electron chi connectivity index (χ2n) is 5.58. The van der Waals surface area contributed by atoms with E-state index in [1.807, 2.05) is 4.90 Å². The first kappa shape index (κ1) is 15.7. The average Bonchev–Trinajstić information content (AvgIpc) is 2.95.